The minimum Gasteiger partial charge on any atom is -0.464 e. The van der Waals surface area contributed by atoms with E-state index >= 15 is 0 Å². The molecule has 7 nitrogen and oxygen atoms in total. The minimum atomic E-state index is -1.10. The lowest BCUT2D eigenvalue weighted by atomic mass is 10.2. The second-order valence-electron chi connectivity index (χ2n) is 4.41. The topological polar surface area (TPSA) is 100 Å². The minimum absolute atomic E-state index is 0.0515. The molecular weight excluding hydrogens is 272 g/mol. The summed E-state index contributed by atoms with van der Waals surface area (Å²) in [6.07, 6.45) is 1.63. The first-order valence-corrected chi connectivity index (χ1v) is 6.21. The number of benzene rings is 1. The average molecular weight is 284 g/mol. The Hall–Kier alpha value is -2.93. The molecule has 0 fully saturated rings. The van der Waals surface area contributed by atoms with Gasteiger partial charge in [-0.05, 0) is 23.8 Å². The van der Waals surface area contributed by atoms with Crippen molar-refractivity contribution in [2.45, 2.75) is 6.61 Å². The lowest BCUT2D eigenvalue weighted by Crippen LogP contribution is -2.07. The van der Waals surface area contributed by atoms with E-state index in [0.29, 0.717) is 16.9 Å². The van der Waals surface area contributed by atoms with Crippen LogP contribution in [0, 0.1) is 0 Å². The zero-order valence-corrected chi connectivity index (χ0v) is 10.9. The summed E-state index contributed by atoms with van der Waals surface area (Å²) in [4.78, 5) is 19.2. The maximum atomic E-state index is 11.1. The molecule has 0 bridgehead atoms. The van der Waals surface area contributed by atoms with Crippen molar-refractivity contribution in [3.05, 3.63) is 48.4 Å². The van der Waals surface area contributed by atoms with Gasteiger partial charge in [-0.25, -0.2) is 19.3 Å². The molecule has 0 amide bonds. The van der Waals surface area contributed by atoms with Gasteiger partial charge in [0.2, 0.25) is 0 Å². The van der Waals surface area contributed by atoms with E-state index in [1.165, 1.54) is 12.5 Å². The third-order valence-corrected chi connectivity index (χ3v) is 3.06. The van der Waals surface area contributed by atoms with Crippen molar-refractivity contribution in [2.75, 3.05) is 5.32 Å². The molecule has 1 aromatic carbocycles. The Bertz CT molecular complexity index is 813. The molecule has 0 saturated carbocycles. The number of nitrogens with one attached hydrogen (secondary N) is 1. The Kier molecular flexibility index (Phi) is 3.25. The SMILES string of the molecule is O=C(O)n1ccc2c(Nc3cccc(CO)c3)ncnc21. The van der Waals surface area contributed by atoms with Crippen molar-refractivity contribution in [3.63, 3.8) is 0 Å². The van der Waals surface area contributed by atoms with Gasteiger partial charge in [0.25, 0.3) is 0 Å². The summed E-state index contributed by atoms with van der Waals surface area (Å²) in [5, 5.41) is 21.9. The molecule has 3 N–H and O–H groups in total. The zero-order valence-electron chi connectivity index (χ0n) is 10.9. The van der Waals surface area contributed by atoms with Crippen molar-refractivity contribution >= 4 is 28.6 Å². The molecule has 0 atom stereocenters. The lowest BCUT2D eigenvalue weighted by Gasteiger charge is -2.07. The van der Waals surface area contributed by atoms with Crippen LogP contribution in [-0.4, -0.2) is 30.8 Å². The van der Waals surface area contributed by atoms with E-state index in [1.807, 2.05) is 18.2 Å². The number of hydrogen-bond acceptors (Lipinski definition) is 5. The number of rotatable bonds is 3. The highest BCUT2D eigenvalue weighted by Crippen LogP contribution is 2.24. The summed E-state index contributed by atoms with van der Waals surface area (Å²) in [6, 6.07) is 8.89. The summed E-state index contributed by atoms with van der Waals surface area (Å²) >= 11 is 0. The van der Waals surface area contributed by atoms with Gasteiger partial charge < -0.3 is 15.5 Å². The van der Waals surface area contributed by atoms with Gasteiger partial charge in [0.15, 0.2) is 5.65 Å². The van der Waals surface area contributed by atoms with Crippen LogP contribution in [0.15, 0.2) is 42.9 Å². The van der Waals surface area contributed by atoms with E-state index in [2.05, 4.69) is 15.3 Å². The van der Waals surface area contributed by atoms with Gasteiger partial charge in [-0.2, -0.15) is 0 Å². The molecule has 0 aliphatic heterocycles. The van der Waals surface area contributed by atoms with Gasteiger partial charge in [0.1, 0.15) is 12.1 Å². The van der Waals surface area contributed by atoms with Crippen LogP contribution >= 0.6 is 0 Å². The molecule has 3 aromatic rings. The van der Waals surface area contributed by atoms with E-state index in [9.17, 15) is 4.79 Å². The van der Waals surface area contributed by atoms with Gasteiger partial charge in [-0.1, -0.05) is 12.1 Å². The fourth-order valence-corrected chi connectivity index (χ4v) is 2.09. The molecule has 21 heavy (non-hydrogen) atoms. The summed E-state index contributed by atoms with van der Waals surface area (Å²) in [7, 11) is 0. The van der Waals surface area contributed by atoms with Gasteiger partial charge in [0.05, 0.1) is 12.0 Å². The van der Waals surface area contributed by atoms with Crippen LogP contribution in [0.3, 0.4) is 0 Å². The van der Waals surface area contributed by atoms with Crippen LogP contribution in [0.5, 0.6) is 0 Å². The molecule has 0 aliphatic carbocycles. The van der Waals surface area contributed by atoms with Gasteiger partial charge >= 0.3 is 6.09 Å². The van der Waals surface area contributed by atoms with Gasteiger partial charge in [0, 0.05) is 11.9 Å². The van der Waals surface area contributed by atoms with Crippen LogP contribution in [-0.2, 0) is 6.61 Å². The first-order chi connectivity index (χ1) is 10.2. The number of hydrogen-bond donors (Lipinski definition) is 3. The molecule has 106 valence electrons. The maximum Gasteiger partial charge on any atom is 0.417 e. The van der Waals surface area contributed by atoms with E-state index in [-0.39, 0.29) is 6.61 Å². The Morgan fingerprint density at radius 2 is 2.14 bits per heavy atom. The number of aliphatic hydroxyl groups excluding tert-OH is 1. The first-order valence-electron chi connectivity index (χ1n) is 6.21. The van der Waals surface area contributed by atoms with Crippen molar-refractivity contribution < 1.29 is 15.0 Å². The molecular formula is C14H12N4O3. The molecule has 0 radical (unpaired) electrons. The number of anilines is 2. The van der Waals surface area contributed by atoms with Crippen LogP contribution < -0.4 is 5.32 Å². The predicted octanol–water partition coefficient (Wildman–Crippen LogP) is 2.19. The van der Waals surface area contributed by atoms with Crippen molar-refractivity contribution in [2.24, 2.45) is 0 Å². The van der Waals surface area contributed by atoms with Crippen LogP contribution in [0.4, 0.5) is 16.3 Å². The number of nitrogens with zero attached hydrogens (tertiary/aromatic N) is 3. The second kappa shape index (κ2) is 5.22. The maximum absolute atomic E-state index is 11.1. The fourth-order valence-electron chi connectivity index (χ4n) is 2.09. The number of carbonyl (C=O) groups is 1. The Morgan fingerprint density at radius 3 is 2.90 bits per heavy atom. The highest BCUT2D eigenvalue weighted by Gasteiger charge is 2.12. The van der Waals surface area contributed by atoms with Crippen molar-refractivity contribution in [1.82, 2.24) is 14.5 Å². The normalized spacial score (nSPS) is 10.7. The standard InChI is InChI=1S/C14H12N4O3/c19-7-9-2-1-3-10(6-9)17-12-11-4-5-18(14(20)21)13(11)16-8-15-12/h1-6,8,19H,7H2,(H,20,21)(H,15,16,17). The average Bonchev–Trinajstić information content (AvgIpc) is 2.93. The predicted molar refractivity (Wildman–Crippen MR) is 76.6 cm³/mol. The molecule has 0 spiro atoms. The van der Waals surface area contributed by atoms with Crippen molar-refractivity contribution in [3.8, 4) is 0 Å². The smallest absolute Gasteiger partial charge is 0.417 e. The third kappa shape index (κ3) is 2.41. The fraction of sp³-hybridized carbons (Fsp3) is 0.0714. The molecule has 0 saturated heterocycles. The zero-order chi connectivity index (χ0) is 14.8. The Morgan fingerprint density at radius 1 is 1.29 bits per heavy atom. The molecule has 0 aliphatic rings. The third-order valence-electron chi connectivity index (χ3n) is 3.06. The summed E-state index contributed by atoms with van der Waals surface area (Å²) in [5.74, 6) is 0.509. The van der Waals surface area contributed by atoms with Crippen molar-refractivity contribution in [1.29, 1.82) is 0 Å². The highest BCUT2D eigenvalue weighted by molar-refractivity contribution is 5.93. The summed E-state index contributed by atoms with van der Waals surface area (Å²) < 4.78 is 1.03. The second-order valence-corrected chi connectivity index (χ2v) is 4.41. The van der Waals surface area contributed by atoms with E-state index < -0.39 is 6.09 Å². The number of carboxylic acid groups (broad SMARTS) is 1. The first kappa shape index (κ1) is 13.1. The molecule has 3 rings (SSSR count). The number of aromatic nitrogens is 3. The number of fused-ring (bicyclic) bond motifs is 1. The Balaban J connectivity index is 2.02. The molecule has 0 unspecified atom stereocenters. The summed E-state index contributed by atoms with van der Waals surface area (Å²) in [5.41, 5.74) is 1.84. The number of aliphatic hydroxyl groups is 1. The lowest BCUT2D eigenvalue weighted by molar-refractivity contribution is 0.197. The monoisotopic (exact) mass is 284 g/mol. The van der Waals surface area contributed by atoms with E-state index in [0.717, 1.165) is 15.8 Å². The van der Waals surface area contributed by atoms with E-state index in [1.54, 1.807) is 12.1 Å². The summed E-state index contributed by atoms with van der Waals surface area (Å²) in [6.45, 7) is -0.0515. The van der Waals surface area contributed by atoms with Crippen LogP contribution in [0.25, 0.3) is 11.0 Å². The van der Waals surface area contributed by atoms with E-state index in [4.69, 9.17) is 10.2 Å². The van der Waals surface area contributed by atoms with Crippen LogP contribution in [0.1, 0.15) is 5.56 Å². The Labute approximate surface area is 119 Å². The quantitative estimate of drug-likeness (QED) is 0.681. The van der Waals surface area contributed by atoms with Gasteiger partial charge in [-0.3, -0.25) is 0 Å². The molecule has 2 aromatic heterocycles. The molecule has 7 heteroatoms. The molecule has 2 heterocycles. The van der Waals surface area contributed by atoms with Crippen LogP contribution in [0.2, 0.25) is 0 Å². The highest BCUT2D eigenvalue weighted by atomic mass is 16.4. The largest absolute Gasteiger partial charge is 0.464 e. The van der Waals surface area contributed by atoms with Gasteiger partial charge in [-0.15, -0.1) is 0 Å².